The van der Waals surface area contributed by atoms with Crippen molar-refractivity contribution in [3.05, 3.63) is 89.7 Å². The molecule has 230 valence electrons. The van der Waals surface area contributed by atoms with Crippen LogP contribution in [0.1, 0.15) is 31.9 Å². The lowest BCUT2D eigenvalue weighted by Gasteiger charge is -2.26. The predicted octanol–water partition coefficient (Wildman–Crippen LogP) is 4.61. The molecule has 8 nitrogen and oxygen atoms in total. The molecule has 3 aromatic carbocycles. The molecule has 0 aromatic heterocycles. The Kier molecular flexibility index (Phi) is 10.5. The molecule has 3 aromatic rings. The number of carbonyl (C=O) groups is 2. The van der Waals surface area contributed by atoms with Gasteiger partial charge in [0.25, 0.3) is 0 Å². The molecule has 0 saturated carbocycles. The van der Waals surface area contributed by atoms with E-state index in [9.17, 15) is 31.2 Å². The van der Waals surface area contributed by atoms with Gasteiger partial charge in [0.05, 0.1) is 17.5 Å². The molecule has 4 rings (SSSR count). The van der Waals surface area contributed by atoms with Gasteiger partial charge in [0.2, 0.25) is 15.9 Å². The normalized spacial score (nSPS) is 17.0. The topological polar surface area (TPSA) is 119 Å². The Labute approximate surface area is 252 Å². The third kappa shape index (κ3) is 7.40. The fraction of sp³-hybridized carbons (Fsp3) is 0.333. The fourth-order valence-electron chi connectivity index (χ4n) is 4.57. The van der Waals surface area contributed by atoms with Gasteiger partial charge in [-0.2, -0.15) is 4.31 Å². The summed E-state index contributed by atoms with van der Waals surface area (Å²) >= 11 is 1.06. The average molecular weight is 636 g/mol. The number of rotatable bonds is 11. The lowest BCUT2D eigenvalue weighted by Crippen LogP contribution is -2.46. The highest BCUT2D eigenvalue weighted by molar-refractivity contribution is 8.02. The fourth-order valence-corrected chi connectivity index (χ4v) is 7.65. The molecule has 0 unspecified atom stereocenters. The molecule has 1 heterocycles. The van der Waals surface area contributed by atoms with Crippen molar-refractivity contribution in [1.29, 1.82) is 0 Å². The lowest BCUT2D eigenvalue weighted by atomic mass is 10.0. The van der Waals surface area contributed by atoms with E-state index in [0.717, 1.165) is 28.2 Å². The minimum Gasteiger partial charge on any atom is -0.464 e. The Hall–Kier alpha value is -3.39. The van der Waals surface area contributed by atoms with Crippen molar-refractivity contribution in [3.63, 3.8) is 0 Å². The smallest absolute Gasteiger partial charge is 0.323 e. The molecule has 0 aliphatic carbocycles. The number of benzene rings is 3. The van der Waals surface area contributed by atoms with Crippen LogP contribution in [0.3, 0.4) is 0 Å². The van der Waals surface area contributed by atoms with Gasteiger partial charge < -0.3 is 15.8 Å². The number of sulfonamides is 1. The van der Waals surface area contributed by atoms with E-state index in [4.69, 9.17) is 10.5 Å². The summed E-state index contributed by atoms with van der Waals surface area (Å²) in [6, 6.07) is 12.8. The van der Waals surface area contributed by atoms with Gasteiger partial charge in [-0.1, -0.05) is 50.2 Å². The van der Waals surface area contributed by atoms with Crippen molar-refractivity contribution in [2.75, 3.05) is 18.9 Å². The van der Waals surface area contributed by atoms with Gasteiger partial charge in [0, 0.05) is 29.8 Å². The van der Waals surface area contributed by atoms with Gasteiger partial charge in [-0.3, -0.25) is 9.59 Å². The quantitative estimate of drug-likeness (QED) is 0.296. The molecule has 43 heavy (non-hydrogen) atoms. The standard InChI is InChI=1S/C30H32F3N3O5S2/c1-18(2)27(34)30(38)41-16-14-25(26-23(32)8-5-9-24(26)33)35-28(37)29-36(15-17-42-29)43(39,40)20-12-10-19(11-13-20)21-6-3-4-7-22(21)31/h3-13,18,25,27,29H,14-17,34H2,1-2H3,(H,35,37)/t25-,27-,29-/m0/s1. The minimum atomic E-state index is -4.18. The van der Waals surface area contributed by atoms with E-state index in [1.54, 1.807) is 32.0 Å². The molecule has 1 aliphatic rings. The van der Waals surface area contributed by atoms with Gasteiger partial charge >= 0.3 is 5.97 Å². The van der Waals surface area contributed by atoms with E-state index in [0.29, 0.717) is 16.9 Å². The molecule has 1 saturated heterocycles. The number of nitrogens with one attached hydrogen (secondary N) is 1. The second-order valence-corrected chi connectivity index (χ2v) is 13.3. The number of nitrogens with zero attached hydrogens (tertiary/aromatic N) is 1. The molecule has 13 heteroatoms. The van der Waals surface area contributed by atoms with E-state index >= 15 is 0 Å². The van der Waals surface area contributed by atoms with Crippen molar-refractivity contribution in [2.45, 2.75) is 42.6 Å². The monoisotopic (exact) mass is 635 g/mol. The van der Waals surface area contributed by atoms with Gasteiger partial charge in [0.1, 0.15) is 28.9 Å². The number of ether oxygens (including phenoxy) is 1. The minimum absolute atomic E-state index is 0.0174. The molecular weight excluding hydrogens is 603 g/mol. The number of thioether (sulfide) groups is 1. The lowest BCUT2D eigenvalue weighted by molar-refractivity contribution is -0.146. The number of carbonyl (C=O) groups excluding carboxylic acids is 2. The molecule has 0 radical (unpaired) electrons. The van der Waals surface area contributed by atoms with Crippen LogP contribution >= 0.6 is 11.8 Å². The summed E-state index contributed by atoms with van der Waals surface area (Å²) < 4.78 is 77.1. The maximum Gasteiger partial charge on any atom is 0.323 e. The van der Waals surface area contributed by atoms with Crippen LogP contribution in [0.2, 0.25) is 0 Å². The first-order valence-electron chi connectivity index (χ1n) is 13.6. The zero-order chi connectivity index (χ0) is 31.3. The van der Waals surface area contributed by atoms with Crippen LogP contribution < -0.4 is 11.1 Å². The van der Waals surface area contributed by atoms with Crippen molar-refractivity contribution in [2.24, 2.45) is 11.7 Å². The third-order valence-corrected chi connectivity index (χ3v) is 10.2. The van der Waals surface area contributed by atoms with Crippen LogP contribution in [0, 0.1) is 23.4 Å². The molecule has 0 bridgehead atoms. The molecule has 1 fully saturated rings. The first kappa shape index (κ1) is 32.5. The maximum absolute atomic E-state index is 14.8. The number of esters is 1. The number of halogens is 3. The van der Waals surface area contributed by atoms with Crippen LogP contribution in [-0.2, 0) is 24.3 Å². The van der Waals surface area contributed by atoms with Crippen molar-refractivity contribution >= 4 is 33.7 Å². The van der Waals surface area contributed by atoms with E-state index in [-0.39, 0.29) is 30.4 Å². The summed E-state index contributed by atoms with van der Waals surface area (Å²) in [7, 11) is -4.18. The van der Waals surface area contributed by atoms with Crippen LogP contribution in [0.5, 0.6) is 0 Å². The summed E-state index contributed by atoms with van der Waals surface area (Å²) in [5.41, 5.74) is 6.15. The van der Waals surface area contributed by atoms with Crippen LogP contribution in [0.25, 0.3) is 11.1 Å². The Morgan fingerprint density at radius 2 is 1.63 bits per heavy atom. The van der Waals surface area contributed by atoms with Gasteiger partial charge in [-0.15, -0.1) is 11.8 Å². The van der Waals surface area contributed by atoms with E-state index in [1.807, 2.05) is 0 Å². The second-order valence-electron chi connectivity index (χ2n) is 10.3. The van der Waals surface area contributed by atoms with Crippen LogP contribution in [0.4, 0.5) is 13.2 Å². The van der Waals surface area contributed by atoms with Crippen molar-refractivity contribution < 1.29 is 35.9 Å². The van der Waals surface area contributed by atoms with E-state index in [1.165, 1.54) is 36.4 Å². The number of amides is 1. The highest BCUT2D eigenvalue weighted by Gasteiger charge is 2.41. The SMILES string of the molecule is CC(C)[C@H](N)C(=O)OCC[C@H](NC(=O)[C@@H]1SCCN1S(=O)(=O)c1ccc(-c2ccccc2F)cc1)c1c(F)cccc1F. The highest BCUT2D eigenvalue weighted by Crippen LogP contribution is 2.33. The van der Waals surface area contributed by atoms with Crippen LogP contribution in [0.15, 0.2) is 71.6 Å². The first-order chi connectivity index (χ1) is 20.4. The molecular formula is C30H32F3N3O5S2. The van der Waals surface area contributed by atoms with E-state index in [2.05, 4.69) is 5.32 Å². The van der Waals surface area contributed by atoms with Crippen molar-refractivity contribution in [1.82, 2.24) is 9.62 Å². The van der Waals surface area contributed by atoms with Gasteiger partial charge in [-0.25, -0.2) is 21.6 Å². The molecule has 1 aliphatic heterocycles. The number of hydrogen-bond acceptors (Lipinski definition) is 7. The average Bonchev–Trinajstić information content (AvgIpc) is 3.48. The first-order valence-corrected chi connectivity index (χ1v) is 16.1. The van der Waals surface area contributed by atoms with Crippen LogP contribution in [-0.4, -0.2) is 54.9 Å². The Morgan fingerprint density at radius 1 is 1.00 bits per heavy atom. The Morgan fingerprint density at radius 3 is 2.26 bits per heavy atom. The summed E-state index contributed by atoms with van der Waals surface area (Å²) in [4.78, 5) is 25.6. The number of hydrogen-bond donors (Lipinski definition) is 2. The molecule has 1 amide bonds. The maximum atomic E-state index is 14.8. The molecule has 3 N–H and O–H groups in total. The molecule has 3 atom stereocenters. The van der Waals surface area contributed by atoms with Crippen molar-refractivity contribution in [3.8, 4) is 11.1 Å². The van der Waals surface area contributed by atoms with Gasteiger partial charge in [-0.05, 0) is 41.8 Å². The Balaban J connectivity index is 1.53. The summed E-state index contributed by atoms with van der Waals surface area (Å²) in [6.07, 6.45) is -0.193. The second kappa shape index (κ2) is 13.9. The summed E-state index contributed by atoms with van der Waals surface area (Å²) in [5, 5.41) is 1.33. The van der Waals surface area contributed by atoms with E-state index < -0.39 is 62.4 Å². The third-order valence-electron chi connectivity index (χ3n) is 7.02. The number of nitrogens with two attached hydrogens (primary N) is 1. The summed E-state index contributed by atoms with van der Waals surface area (Å²) in [6.45, 7) is 3.19. The zero-order valence-corrected chi connectivity index (χ0v) is 25.1. The zero-order valence-electron chi connectivity index (χ0n) is 23.5. The molecule has 0 spiro atoms. The highest BCUT2D eigenvalue weighted by atomic mass is 32.2. The largest absolute Gasteiger partial charge is 0.464 e. The Bertz CT molecular complexity index is 1550. The summed E-state index contributed by atoms with van der Waals surface area (Å²) in [5.74, 6) is -3.68. The van der Waals surface area contributed by atoms with Gasteiger partial charge in [0.15, 0.2) is 0 Å². The predicted molar refractivity (Wildman–Crippen MR) is 158 cm³/mol.